The first-order valence-corrected chi connectivity index (χ1v) is 9.28. The number of methoxy groups -OCH3 is 2. The number of nitro groups is 1. The van der Waals surface area contributed by atoms with Crippen molar-refractivity contribution in [3.05, 3.63) is 56.9 Å². The van der Waals surface area contributed by atoms with Gasteiger partial charge in [-0.15, -0.1) is 6.42 Å². The number of benzene rings is 2. The minimum atomic E-state index is -0.469. The van der Waals surface area contributed by atoms with E-state index in [9.17, 15) is 14.9 Å². The fraction of sp³-hybridized carbons (Fsp3) is 0.200. The summed E-state index contributed by atoms with van der Waals surface area (Å²) in [5.74, 6) is 3.24. The zero-order valence-corrected chi connectivity index (χ0v) is 16.6. The molecule has 0 spiro atoms. The van der Waals surface area contributed by atoms with Crippen LogP contribution in [0.5, 0.6) is 11.5 Å². The molecule has 0 aliphatic carbocycles. The van der Waals surface area contributed by atoms with Crippen molar-refractivity contribution in [1.29, 1.82) is 0 Å². The van der Waals surface area contributed by atoms with Crippen LogP contribution in [0.2, 0.25) is 0 Å². The number of carbonyl (C=O) groups is 1. The predicted molar refractivity (Wildman–Crippen MR) is 109 cm³/mol. The molecule has 1 heterocycles. The van der Waals surface area contributed by atoms with Crippen LogP contribution >= 0.6 is 11.3 Å². The summed E-state index contributed by atoms with van der Waals surface area (Å²) < 4.78 is 12.8. The van der Waals surface area contributed by atoms with Crippen LogP contribution < -0.4 is 14.3 Å². The van der Waals surface area contributed by atoms with Crippen molar-refractivity contribution in [3.8, 4) is 23.8 Å². The van der Waals surface area contributed by atoms with Gasteiger partial charge in [0, 0.05) is 12.1 Å². The minimum Gasteiger partial charge on any atom is -0.493 e. The maximum Gasteiger partial charge on any atom is 0.270 e. The third kappa shape index (κ3) is 4.28. The second kappa shape index (κ2) is 8.58. The summed E-state index contributed by atoms with van der Waals surface area (Å²) in [5, 5.41) is 11.0. The quantitative estimate of drug-likeness (QED) is 0.353. The van der Waals surface area contributed by atoms with Crippen molar-refractivity contribution in [3.63, 3.8) is 0 Å². The van der Waals surface area contributed by atoms with Crippen molar-refractivity contribution in [2.24, 2.45) is 4.99 Å². The molecule has 29 heavy (non-hydrogen) atoms. The zero-order valence-electron chi connectivity index (χ0n) is 15.7. The molecule has 0 N–H and O–H groups in total. The molecule has 0 saturated heterocycles. The Hall–Kier alpha value is -3.64. The van der Waals surface area contributed by atoms with Gasteiger partial charge in [0.1, 0.15) is 0 Å². The summed E-state index contributed by atoms with van der Waals surface area (Å²) in [7, 11) is 3.06. The number of ether oxygens (including phenoxy) is 2. The monoisotopic (exact) mass is 411 g/mol. The van der Waals surface area contributed by atoms with Crippen LogP contribution in [-0.4, -0.2) is 29.6 Å². The number of carbonyl (C=O) groups excluding carboxylic acids is 1. The van der Waals surface area contributed by atoms with Gasteiger partial charge in [-0.05, 0) is 23.8 Å². The second-order valence-corrected chi connectivity index (χ2v) is 6.96. The molecule has 0 aliphatic heterocycles. The van der Waals surface area contributed by atoms with E-state index in [0.29, 0.717) is 26.5 Å². The highest BCUT2D eigenvalue weighted by molar-refractivity contribution is 7.16. The molecule has 0 radical (unpaired) electrons. The first-order chi connectivity index (χ1) is 14.0. The van der Waals surface area contributed by atoms with Crippen LogP contribution in [0.3, 0.4) is 0 Å². The van der Waals surface area contributed by atoms with E-state index in [-0.39, 0.29) is 24.6 Å². The Morgan fingerprint density at radius 3 is 2.66 bits per heavy atom. The molecule has 8 nitrogen and oxygen atoms in total. The van der Waals surface area contributed by atoms with Gasteiger partial charge in [0.15, 0.2) is 16.3 Å². The highest BCUT2D eigenvalue weighted by atomic mass is 32.1. The molecule has 9 heteroatoms. The number of thiazole rings is 1. The van der Waals surface area contributed by atoms with Crippen LogP contribution in [0.15, 0.2) is 41.4 Å². The maximum absolute atomic E-state index is 12.5. The van der Waals surface area contributed by atoms with Crippen molar-refractivity contribution in [2.45, 2.75) is 13.0 Å². The van der Waals surface area contributed by atoms with Gasteiger partial charge in [-0.25, -0.2) is 0 Å². The number of terminal acetylenes is 1. The third-order valence-electron chi connectivity index (χ3n) is 4.15. The highest BCUT2D eigenvalue weighted by Gasteiger charge is 2.13. The van der Waals surface area contributed by atoms with E-state index in [1.165, 1.54) is 37.7 Å². The smallest absolute Gasteiger partial charge is 0.270 e. The topological polar surface area (TPSA) is 96.0 Å². The maximum atomic E-state index is 12.5. The lowest BCUT2D eigenvalue weighted by atomic mass is 10.1. The Morgan fingerprint density at radius 1 is 1.24 bits per heavy atom. The molecular weight excluding hydrogens is 394 g/mol. The second-order valence-electron chi connectivity index (χ2n) is 5.96. The first-order valence-electron chi connectivity index (χ1n) is 8.46. The van der Waals surface area contributed by atoms with Gasteiger partial charge < -0.3 is 14.0 Å². The van der Waals surface area contributed by atoms with Crippen molar-refractivity contribution < 1.29 is 19.2 Å². The predicted octanol–water partition coefficient (Wildman–Crippen LogP) is 2.93. The van der Waals surface area contributed by atoms with Crippen molar-refractivity contribution in [1.82, 2.24) is 4.57 Å². The van der Waals surface area contributed by atoms with Gasteiger partial charge >= 0.3 is 0 Å². The number of non-ortho nitro benzene ring substituents is 1. The van der Waals surface area contributed by atoms with Gasteiger partial charge in [0.25, 0.3) is 11.6 Å². The lowest BCUT2D eigenvalue weighted by Gasteiger charge is -2.08. The fourth-order valence-electron chi connectivity index (χ4n) is 2.82. The van der Waals surface area contributed by atoms with Gasteiger partial charge in [-0.3, -0.25) is 14.9 Å². The molecule has 148 valence electrons. The molecule has 0 aliphatic rings. The Balaban J connectivity index is 1.98. The number of fused-ring (bicyclic) bond motifs is 1. The van der Waals surface area contributed by atoms with E-state index < -0.39 is 4.92 Å². The molecule has 1 amide bonds. The molecule has 3 rings (SSSR count). The Kier molecular flexibility index (Phi) is 5.95. The number of hydrogen-bond acceptors (Lipinski definition) is 6. The zero-order chi connectivity index (χ0) is 21.0. The SMILES string of the molecule is C#CCn1c(=NC(=O)Cc2ccc(OC)c(OC)c2)sc2cc([N+](=O)[O-])ccc21. The number of aromatic nitrogens is 1. The number of hydrogen-bond donors (Lipinski definition) is 0. The van der Waals surface area contributed by atoms with E-state index in [1.807, 2.05) is 0 Å². The van der Waals surface area contributed by atoms with Crippen LogP contribution in [0.25, 0.3) is 10.2 Å². The summed E-state index contributed by atoms with van der Waals surface area (Å²) >= 11 is 1.18. The van der Waals surface area contributed by atoms with E-state index in [4.69, 9.17) is 15.9 Å². The minimum absolute atomic E-state index is 0.0326. The summed E-state index contributed by atoms with van der Waals surface area (Å²) in [6.45, 7) is 0.195. The van der Waals surface area contributed by atoms with Gasteiger partial charge in [-0.2, -0.15) is 4.99 Å². The molecule has 2 aromatic carbocycles. The van der Waals surface area contributed by atoms with E-state index in [2.05, 4.69) is 10.9 Å². The summed E-state index contributed by atoms with van der Waals surface area (Å²) in [5.41, 5.74) is 1.38. The van der Waals surface area contributed by atoms with E-state index >= 15 is 0 Å². The summed E-state index contributed by atoms with van der Waals surface area (Å²) in [4.78, 5) is 27.7. The van der Waals surface area contributed by atoms with Crippen molar-refractivity contribution >= 4 is 33.1 Å². The average Bonchev–Trinajstić information content (AvgIpc) is 3.04. The Morgan fingerprint density at radius 2 is 2.00 bits per heavy atom. The lowest BCUT2D eigenvalue weighted by molar-refractivity contribution is -0.384. The molecule has 0 fully saturated rings. The molecule has 0 bridgehead atoms. The molecule has 0 saturated carbocycles. The molecular formula is C20H17N3O5S. The van der Waals surface area contributed by atoms with Gasteiger partial charge in [-0.1, -0.05) is 23.3 Å². The van der Waals surface area contributed by atoms with Crippen molar-refractivity contribution in [2.75, 3.05) is 14.2 Å². The van der Waals surface area contributed by atoms with Crippen LogP contribution in [-0.2, 0) is 17.8 Å². The largest absolute Gasteiger partial charge is 0.493 e. The van der Waals surface area contributed by atoms with Crippen LogP contribution in [0.1, 0.15) is 5.56 Å². The van der Waals surface area contributed by atoms with Crippen LogP contribution in [0.4, 0.5) is 5.69 Å². The summed E-state index contributed by atoms with van der Waals surface area (Å²) in [6, 6.07) is 9.66. The first kappa shape index (κ1) is 20.1. The Labute approximate surface area is 170 Å². The number of nitrogens with zero attached hydrogens (tertiary/aromatic N) is 3. The molecule has 0 unspecified atom stereocenters. The van der Waals surface area contributed by atoms with E-state index in [1.54, 1.807) is 28.8 Å². The number of amides is 1. The summed E-state index contributed by atoms with van der Waals surface area (Å²) in [6.07, 6.45) is 5.50. The normalized spacial score (nSPS) is 11.3. The van der Waals surface area contributed by atoms with Crippen LogP contribution in [0, 0.1) is 22.5 Å². The van der Waals surface area contributed by atoms with Gasteiger partial charge in [0.2, 0.25) is 0 Å². The lowest BCUT2D eigenvalue weighted by Crippen LogP contribution is -2.17. The standard InChI is InChI=1S/C20H17N3O5S/c1-4-9-22-15-7-6-14(23(25)26)12-18(15)29-20(22)21-19(24)11-13-5-8-16(27-2)17(10-13)28-3/h1,5-8,10,12H,9,11H2,2-3H3. The third-order valence-corrected chi connectivity index (χ3v) is 5.19. The molecule has 0 atom stereocenters. The van der Waals surface area contributed by atoms with E-state index in [0.717, 1.165) is 5.56 Å². The Bertz CT molecular complexity index is 1200. The number of rotatable bonds is 6. The highest BCUT2D eigenvalue weighted by Crippen LogP contribution is 2.28. The fourth-order valence-corrected chi connectivity index (χ4v) is 3.90. The average molecular weight is 411 g/mol. The number of nitro benzene ring substituents is 1. The van der Waals surface area contributed by atoms with Gasteiger partial charge in [0.05, 0.1) is 42.3 Å². The molecule has 3 aromatic rings. The molecule has 1 aromatic heterocycles.